The summed E-state index contributed by atoms with van der Waals surface area (Å²) in [4.78, 5) is 20.8. The maximum atomic E-state index is 13.6. The fourth-order valence-electron chi connectivity index (χ4n) is 3.18. The summed E-state index contributed by atoms with van der Waals surface area (Å²) in [5.74, 6) is -1.10. The Morgan fingerprint density at radius 1 is 1.10 bits per heavy atom. The van der Waals surface area contributed by atoms with Crippen LogP contribution in [0.5, 0.6) is 5.75 Å². The van der Waals surface area contributed by atoms with Crippen molar-refractivity contribution in [3.8, 4) is 5.75 Å². The highest BCUT2D eigenvalue weighted by Crippen LogP contribution is 2.29. The molecule has 6 nitrogen and oxygen atoms in total. The Labute approximate surface area is 174 Å². The van der Waals surface area contributed by atoms with Gasteiger partial charge in [-0.2, -0.15) is 4.98 Å². The van der Waals surface area contributed by atoms with E-state index in [-0.39, 0.29) is 18.2 Å². The fraction of sp³-hybridized carbons (Fsp3) is 0.190. The lowest BCUT2D eigenvalue weighted by atomic mass is 10.2. The minimum Gasteiger partial charge on any atom is -0.490 e. The van der Waals surface area contributed by atoms with E-state index in [0.29, 0.717) is 5.56 Å². The predicted molar refractivity (Wildman–Crippen MR) is 113 cm³/mol. The summed E-state index contributed by atoms with van der Waals surface area (Å²) < 4.78 is 34.9. The molecular weight excluding hydrogens is 410 g/mol. The topological polar surface area (TPSA) is 69.0 Å². The van der Waals surface area contributed by atoms with Crippen molar-refractivity contribution in [1.29, 1.82) is 0 Å². The Kier molecular flexibility index (Phi) is 5.21. The van der Waals surface area contributed by atoms with Crippen LogP contribution in [0.1, 0.15) is 16.1 Å². The van der Waals surface area contributed by atoms with E-state index in [1.54, 1.807) is 15.9 Å². The molecule has 0 fully saturated rings. The number of fused-ring (bicyclic) bond motifs is 1. The molecule has 2 aromatic carbocycles. The molecule has 30 heavy (non-hydrogen) atoms. The van der Waals surface area contributed by atoms with Crippen LogP contribution in [0.4, 0.5) is 20.4 Å². The van der Waals surface area contributed by atoms with Crippen molar-refractivity contribution < 1.29 is 13.5 Å². The number of anilines is 2. The summed E-state index contributed by atoms with van der Waals surface area (Å²) in [7, 11) is 1.36. The van der Waals surface area contributed by atoms with Crippen LogP contribution in [0.2, 0.25) is 0 Å². The van der Waals surface area contributed by atoms with Crippen LogP contribution in [0.15, 0.2) is 41.3 Å². The first-order valence-electron chi connectivity index (χ1n) is 9.07. The number of rotatable bonds is 5. The van der Waals surface area contributed by atoms with E-state index < -0.39 is 17.2 Å². The van der Waals surface area contributed by atoms with Crippen LogP contribution < -0.4 is 15.6 Å². The molecule has 0 aliphatic carbocycles. The number of hydrogen-bond donors (Lipinski definition) is 1. The first-order chi connectivity index (χ1) is 14.3. The number of aromatic nitrogens is 3. The largest absolute Gasteiger partial charge is 0.490 e. The van der Waals surface area contributed by atoms with Gasteiger partial charge in [-0.05, 0) is 49.2 Å². The number of hydrogen-bond acceptors (Lipinski definition) is 6. The highest BCUT2D eigenvalue weighted by Gasteiger charge is 2.13. The van der Waals surface area contributed by atoms with Crippen LogP contribution >= 0.6 is 11.3 Å². The Morgan fingerprint density at radius 2 is 1.83 bits per heavy atom. The zero-order chi connectivity index (χ0) is 21.4. The number of halogens is 2. The second-order valence-electron chi connectivity index (χ2n) is 6.84. The van der Waals surface area contributed by atoms with Crippen LogP contribution in [-0.2, 0) is 6.54 Å². The van der Waals surface area contributed by atoms with Crippen molar-refractivity contribution in [3.05, 3.63) is 74.7 Å². The molecular formula is C21H18F2N4O2S. The van der Waals surface area contributed by atoms with Crippen LogP contribution in [0.25, 0.3) is 10.2 Å². The smallest absolute Gasteiger partial charge is 0.316 e. The quantitative estimate of drug-likeness (QED) is 0.505. The van der Waals surface area contributed by atoms with Crippen LogP contribution in [0, 0.1) is 25.5 Å². The molecule has 0 amide bonds. The molecule has 0 bridgehead atoms. The van der Waals surface area contributed by atoms with Gasteiger partial charge in [-0.1, -0.05) is 0 Å². The van der Waals surface area contributed by atoms with E-state index in [2.05, 4.69) is 15.3 Å². The molecule has 1 N–H and O–H groups in total. The third-order valence-electron chi connectivity index (χ3n) is 4.55. The Morgan fingerprint density at radius 3 is 2.53 bits per heavy atom. The molecule has 2 aromatic heterocycles. The normalized spacial score (nSPS) is 11.1. The van der Waals surface area contributed by atoms with Gasteiger partial charge in [0.25, 0.3) is 0 Å². The second-order valence-corrected chi connectivity index (χ2v) is 8.07. The lowest BCUT2D eigenvalue weighted by molar-refractivity contribution is 0.402. The summed E-state index contributed by atoms with van der Waals surface area (Å²) in [6.07, 6.45) is 1.46. The molecule has 2 heterocycles. The standard InChI is InChI=1S/C21H18F2N4O2S/c1-11-4-17-19(30-12(2)24-17)8-16(11)25-21-26-20(28)18(29-3)10-27(21)9-13-5-14(22)7-15(23)6-13/h4-8,10H,9H2,1-3H3,(H,25,26,28). The highest BCUT2D eigenvalue weighted by molar-refractivity contribution is 7.18. The molecule has 4 rings (SSSR count). The molecule has 0 radical (unpaired) electrons. The first-order valence-corrected chi connectivity index (χ1v) is 9.89. The van der Waals surface area contributed by atoms with Gasteiger partial charge in [0.05, 0.1) is 35.1 Å². The monoisotopic (exact) mass is 428 g/mol. The molecule has 0 aliphatic heterocycles. The van der Waals surface area contributed by atoms with Crippen molar-refractivity contribution in [1.82, 2.24) is 14.5 Å². The van der Waals surface area contributed by atoms with Crippen molar-refractivity contribution in [2.24, 2.45) is 0 Å². The number of methoxy groups -OCH3 is 1. The third kappa shape index (κ3) is 4.02. The van der Waals surface area contributed by atoms with Crippen molar-refractivity contribution >= 4 is 33.2 Å². The lowest BCUT2D eigenvalue weighted by Crippen LogP contribution is -2.19. The summed E-state index contributed by atoms with van der Waals surface area (Å²) in [6, 6.07) is 7.17. The van der Waals surface area contributed by atoms with Gasteiger partial charge < -0.3 is 14.6 Å². The minimum atomic E-state index is -0.678. The summed E-state index contributed by atoms with van der Waals surface area (Å²) in [5.41, 5.74) is 2.40. The molecule has 0 saturated heterocycles. The van der Waals surface area contributed by atoms with Crippen LogP contribution in [-0.4, -0.2) is 21.6 Å². The van der Waals surface area contributed by atoms with Crippen molar-refractivity contribution in [3.63, 3.8) is 0 Å². The van der Waals surface area contributed by atoms with Gasteiger partial charge in [-0.25, -0.2) is 13.8 Å². The molecule has 154 valence electrons. The SMILES string of the molecule is COc1cn(Cc2cc(F)cc(F)c2)c(Nc2cc3sc(C)nc3cc2C)nc1=O. The van der Waals surface area contributed by atoms with E-state index in [1.165, 1.54) is 25.4 Å². The molecule has 0 saturated carbocycles. The van der Waals surface area contributed by atoms with E-state index in [1.807, 2.05) is 26.0 Å². The first kappa shape index (κ1) is 20.0. The number of thiazole rings is 1. The minimum absolute atomic E-state index is 0.0303. The molecule has 4 aromatic rings. The Balaban J connectivity index is 1.78. The number of nitrogens with zero attached hydrogens (tertiary/aromatic N) is 3. The van der Waals surface area contributed by atoms with Crippen LogP contribution in [0.3, 0.4) is 0 Å². The number of aryl methyl sites for hydroxylation is 2. The van der Waals surface area contributed by atoms with Crippen molar-refractivity contribution in [2.45, 2.75) is 20.4 Å². The average molecular weight is 428 g/mol. The summed E-state index contributed by atoms with van der Waals surface area (Å²) in [5, 5.41) is 4.12. The zero-order valence-corrected chi connectivity index (χ0v) is 17.3. The number of nitrogens with one attached hydrogen (secondary N) is 1. The van der Waals surface area contributed by atoms with Crippen molar-refractivity contribution in [2.75, 3.05) is 12.4 Å². The summed E-state index contributed by atoms with van der Waals surface area (Å²) in [6.45, 7) is 3.94. The Hall–Kier alpha value is -3.33. The second kappa shape index (κ2) is 7.83. The van der Waals surface area contributed by atoms with E-state index >= 15 is 0 Å². The van der Waals surface area contributed by atoms with E-state index in [4.69, 9.17) is 4.74 Å². The lowest BCUT2D eigenvalue weighted by Gasteiger charge is -2.16. The van der Waals surface area contributed by atoms with Gasteiger partial charge in [0.15, 0.2) is 0 Å². The summed E-state index contributed by atoms with van der Waals surface area (Å²) >= 11 is 1.56. The van der Waals surface area contributed by atoms with E-state index in [0.717, 1.165) is 32.5 Å². The third-order valence-corrected chi connectivity index (χ3v) is 5.48. The molecule has 9 heteroatoms. The average Bonchev–Trinajstić information content (AvgIpc) is 3.02. The maximum absolute atomic E-state index is 13.6. The highest BCUT2D eigenvalue weighted by atomic mass is 32.1. The number of ether oxygens (including phenoxy) is 1. The Bertz CT molecular complexity index is 1300. The van der Waals surface area contributed by atoms with Gasteiger partial charge in [0.1, 0.15) is 11.6 Å². The molecule has 0 spiro atoms. The van der Waals surface area contributed by atoms with E-state index in [9.17, 15) is 13.6 Å². The molecule has 0 aliphatic rings. The maximum Gasteiger partial charge on any atom is 0.316 e. The molecule has 0 unspecified atom stereocenters. The van der Waals surface area contributed by atoms with Gasteiger partial charge in [-0.15, -0.1) is 11.3 Å². The van der Waals surface area contributed by atoms with Gasteiger partial charge in [0.2, 0.25) is 11.7 Å². The van der Waals surface area contributed by atoms with Gasteiger partial charge >= 0.3 is 5.56 Å². The van der Waals surface area contributed by atoms with Gasteiger partial charge in [0, 0.05) is 11.8 Å². The number of benzene rings is 2. The molecule has 0 atom stereocenters. The predicted octanol–water partition coefficient (Wildman–Crippen LogP) is 4.55. The van der Waals surface area contributed by atoms with Gasteiger partial charge in [-0.3, -0.25) is 4.79 Å². The zero-order valence-electron chi connectivity index (χ0n) is 16.5. The fourth-order valence-corrected chi connectivity index (χ4v) is 4.03.